The van der Waals surface area contributed by atoms with Gasteiger partial charge in [0, 0.05) is 11.3 Å². The molecular weight excluding hydrogens is 366 g/mol. The van der Waals surface area contributed by atoms with Crippen molar-refractivity contribution in [2.45, 2.75) is 13.0 Å². The highest BCUT2D eigenvalue weighted by Gasteiger charge is 2.20. The third kappa shape index (κ3) is 3.75. The summed E-state index contributed by atoms with van der Waals surface area (Å²) in [6.45, 7) is 1.49. The van der Waals surface area contributed by atoms with E-state index >= 15 is 0 Å². The van der Waals surface area contributed by atoms with Gasteiger partial charge in [0.15, 0.2) is 0 Å². The second-order valence-electron chi connectivity index (χ2n) is 5.73. The molecule has 3 rings (SSSR count). The minimum absolute atomic E-state index is 0.205. The number of nitrogens with zero attached hydrogens (tertiary/aromatic N) is 4. The van der Waals surface area contributed by atoms with Gasteiger partial charge in [-0.15, -0.1) is 10.2 Å². The van der Waals surface area contributed by atoms with Crippen molar-refractivity contribution in [2.24, 2.45) is 0 Å². The molecule has 7 nitrogen and oxygen atoms in total. The predicted octanol–water partition coefficient (Wildman–Crippen LogP) is 3.59. The first kappa shape index (κ1) is 18.4. The molecule has 134 valence electrons. The largest absolute Gasteiger partial charge is 0.418 e. The highest BCUT2D eigenvalue weighted by molar-refractivity contribution is 6.32. The van der Waals surface area contributed by atoms with Crippen LogP contribution in [-0.4, -0.2) is 21.9 Å². The molecule has 0 spiro atoms. The van der Waals surface area contributed by atoms with Crippen molar-refractivity contribution in [3.8, 4) is 23.6 Å². The minimum atomic E-state index is -0.646. The zero-order valence-corrected chi connectivity index (χ0v) is 15.0. The number of aliphatic hydroxyl groups excluding tert-OH is 1. The second kappa shape index (κ2) is 7.88. The van der Waals surface area contributed by atoms with Gasteiger partial charge in [0.25, 0.3) is 0 Å². The smallest absolute Gasteiger partial charge is 0.247 e. The van der Waals surface area contributed by atoms with Crippen LogP contribution in [-0.2, 0) is 0 Å². The first-order valence-corrected chi connectivity index (χ1v) is 8.35. The number of rotatable bonds is 5. The first-order chi connectivity index (χ1) is 13.1. The summed E-state index contributed by atoms with van der Waals surface area (Å²) in [4.78, 5) is 0. The number of benzene rings is 2. The number of hydrogen-bond acceptors (Lipinski definition) is 7. The molecule has 3 aromatic rings. The summed E-state index contributed by atoms with van der Waals surface area (Å²) in [5.41, 5.74) is 2.90. The Balaban J connectivity index is 1.85. The highest BCUT2D eigenvalue weighted by Crippen LogP contribution is 2.30. The Morgan fingerprint density at radius 1 is 1.15 bits per heavy atom. The molecule has 0 radical (unpaired) electrons. The molecule has 0 aliphatic rings. The zero-order chi connectivity index (χ0) is 19.4. The summed E-state index contributed by atoms with van der Waals surface area (Å²) in [5, 5.41) is 39.1. The van der Waals surface area contributed by atoms with Crippen LogP contribution in [0.4, 0.5) is 5.69 Å². The van der Waals surface area contributed by atoms with Gasteiger partial charge in [-0.25, -0.2) is 0 Å². The third-order valence-electron chi connectivity index (χ3n) is 4.02. The molecule has 0 aliphatic carbocycles. The van der Waals surface area contributed by atoms with Crippen molar-refractivity contribution in [2.75, 3.05) is 11.9 Å². The monoisotopic (exact) mass is 379 g/mol. The summed E-state index contributed by atoms with van der Waals surface area (Å²) in [7, 11) is 0. The van der Waals surface area contributed by atoms with E-state index in [1.54, 1.807) is 43.3 Å². The lowest BCUT2D eigenvalue weighted by molar-refractivity contribution is 0.258. The van der Waals surface area contributed by atoms with Crippen molar-refractivity contribution in [1.29, 1.82) is 10.5 Å². The lowest BCUT2D eigenvalue weighted by Gasteiger charge is -2.16. The van der Waals surface area contributed by atoms with Gasteiger partial charge in [-0.05, 0) is 48.9 Å². The maximum absolute atomic E-state index is 9.74. The van der Waals surface area contributed by atoms with Gasteiger partial charge < -0.3 is 14.8 Å². The number of aliphatic hydroxyl groups is 1. The lowest BCUT2D eigenvalue weighted by atomic mass is 10.1. The Labute approximate surface area is 160 Å². The first-order valence-electron chi connectivity index (χ1n) is 7.98. The van der Waals surface area contributed by atoms with E-state index in [0.29, 0.717) is 33.0 Å². The van der Waals surface area contributed by atoms with Crippen LogP contribution < -0.4 is 5.32 Å². The van der Waals surface area contributed by atoms with E-state index in [9.17, 15) is 5.11 Å². The van der Waals surface area contributed by atoms with Crippen LogP contribution in [0.2, 0.25) is 5.02 Å². The maximum atomic E-state index is 9.74. The van der Waals surface area contributed by atoms with Gasteiger partial charge in [-0.2, -0.15) is 10.5 Å². The number of anilines is 1. The van der Waals surface area contributed by atoms with E-state index in [2.05, 4.69) is 15.5 Å². The fourth-order valence-electron chi connectivity index (χ4n) is 2.48. The number of nitrogens with one attached hydrogen (secondary N) is 1. The Morgan fingerprint density at radius 2 is 1.89 bits per heavy atom. The van der Waals surface area contributed by atoms with Gasteiger partial charge in [0.1, 0.15) is 12.1 Å². The summed E-state index contributed by atoms with van der Waals surface area (Å²) in [6, 6.07) is 13.5. The molecule has 0 saturated heterocycles. The number of hydrogen-bond donors (Lipinski definition) is 2. The van der Waals surface area contributed by atoms with Crippen LogP contribution in [0.25, 0.3) is 11.5 Å². The quantitative estimate of drug-likeness (QED) is 0.695. The molecule has 0 fully saturated rings. The van der Waals surface area contributed by atoms with Gasteiger partial charge >= 0.3 is 0 Å². The Hall–Kier alpha value is -3.39. The average Bonchev–Trinajstić information content (AvgIpc) is 3.19. The SMILES string of the molecule is Cc1c(NC(CO)c2nnc(-c3ccc(C#N)cc3)o2)ccc(C#N)c1Cl. The van der Waals surface area contributed by atoms with Crippen LogP contribution in [0.5, 0.6) is 0 Å². The Bertz CT molecular complexity index is 1050. The van der Waals surface area contributed by atoms with Crippen molar-refractivity contribution >= 4 is 17.3 Å². The fourth-order valence-corrected chi connectivity index (χ4v) is 2.69. The second-order valence-corrected chi connectivity index (χ2v) is 6.10. The molecule has 1 unspecified atom stereocenters. The van der Waals surface area contributed by atoms with E-state index in [1.165, 1.54) is 0 Å². The van der Waals surface area contributed by atoms with Crippen molar-refractivity contribution in [3.05, 3.63) is 64.0 Å². The van der Waals surface area contributed by atoms with E-state index < -0.39 is 6.04 Å². The van der Waals surface area contributed by atoms with E-state index in [4.69, 9.17) is 26.5 Å². The van der Waals surface area contributed by atoms with Gasteiger partial charge in [0.2, 0.25) is 11.8 Å². The Morgan fingerprint density at radius 3 is 2.52 bits per heavy atom. The van der Waals surface area contributed by atoms with Gasteiger partial charge in [0.05, 0.1) is 28.8 Å². The average molecular weight is 380 g/mol. The van der Waals surface area contributed by atoms with E-state index in [1.807, 2.05) is 12.1 Å². The molecule has 0 aliphatic heterocycles. The predicted molar refractivity (Wildman–Crippen MR) is 98.8 cm³/mol. The number of nitriles is 2. The van der Waals surface area contributed by atoms with Crippen LogP contribution in [0.15, 0.2) is 40.8 Å². The summed E-state index contributed by atoms with van der Waals surface area (Å²) in [6.07, 6.45) is 0. The molecule has 2 aromatic carbocycles. The fraction of sp³-hybridized carbons (Fsp3) is 0.158. The van der Waals surface area contributed by atoms with E-state index in [-0.39, 0.29) is 18.4 Å². The normalized spacial score (nSPS) is 11.4. The van der Waals surface area contributed by atoms with Crippen molar-refractivity contribution in [3.63, 3.8) is 0 Å². The van der Waals surface area contributed by atoms with Crippen molar-refractivity contribution in [1.82, 2.24) is 10.2 Å². The lowest BCUT2D eigenvalue weighted by Crippen LogP contribution is -2.16. The van der Waals surface area contributed by atoms with Crippen LogP contribution in [0.1, 0.15) is 28.6 Å². The third-order valence-corrected chi connectivity index (χ3v) is 4.51. The molecule has 27 heavy (non-hydrogen) atoms. The molecule has 0 amide bonds. The van der Waals surface area contributed by atoms with Crippen LogP contribution in [0.3, 0.4) is 0 Å². The molecular formula is C19H14ClN5O2. The zero-order valence-electron chi connectivity index (χ0n) is 14.3. The van der Waals surface area contributed by atoms with Crippen LogP contribution >= 0.6 is 11.6 Å². The Kier molecular flexibility index (Phi) is 5.37. The molecule has 2 N–H and O–H groups in total. The summed E-state index contributed by atoms with van der Waals surface area (Å²) < 4.78 is 5.67. The summed E-state index contributed by atoms with van der Waals surface area (Å²) in [5.74, 6) is 0.487. The topological polar surface area (TPSA) is 119 Å². The number of halogens is 1. The molecule has 1 heterocycles. The molecule has 0 saturated carbocycles. The van der Waals surface area contributed by atoms with E-state index in [0.717, 1.165) is 0 Å². The summed E-state index contributed by atoms with van der Waals surface area (Å²) >= 11 is 6.18. The molecule has 8 heteroatoms. The molecule has 0 bridgehead atoms. The minimum Gasteiger partial charge on any atom is -0.418 e. The maximum Gasteiger partial charge on any atom is 0.247 e. The van der Waals surface area contributed by atoms with Gasteiger partial charge in [-0.3, -0.25) is 0 Å². The van der Waals surface area contributed by atoms with Crippen LogP contribution in [0, 0.1) is 29.6 Å². The number of aromatic nitrogens is 2. The molecule has 1 atom stereocenters. The standard InChI is InChI=1S/C19H14ClN5O2/c1-11-15(7-6-14(9-22)17(11)20)23-16(10-26)19-25-24-18(27-19)13-4-2-12(8-21)3-5-13/h2-7,16,23,26H,10H2,1H3. The van der Waals surface area contributed by atoms with Gasteiger partial charge in [-0.1, -0.05) is 11.6 Å². The molecule has 1 aromatic heterocycles. The van der Waals surface area contributed by atoms with Crippen molar-refractivity contribution < 1.29 is 9.52 Å². The highest BCUT2D eigenvalue weighted by atomic mass is 35.5.